The van der Waals surface area contributed by atoms with Gasteiger partial charge in [0.1, 0.15) is 12.4 Å². The van der Waals surface area contributed by atoms with Crippen molar-refractivity contribution in [3.05, 3.63) is 29.3 Å². The molecule has 0 radical (unpaired) electrons. The summed E-state index contributed by atoms with van der Waals surface area (Å²) in [6.07, 6.45) is -2.20. The van der Waals surface area contributed by atoms with E-state index in [1.54, 1.807) is 0 Å². The topological polar surface area (TPSA) is 146 Å². The number of carboxylic acid groups (broad SMARTS) is 2. The summed E-state index contributed by atoms with van der Waals surface area (Å²) >= 11 is 0. The summed E-state index contributed by atoms with van der Waals surface area (Å²) in [6.45, 7) is 0.938. The summed E-state index contributed by atoms with van der Waals surface area (Å²) in [5.74, 6) is -2.50. The van der Waals surface area contributed by atoms with Crippen molar-refractivity contribution in [3.8, 4) is 5.75 Å². The van der Waals surface area contributed by atoms with Gasteiger partial charge in [-0.2, -0.15) is 13.2 Å². The minimum absolute atomic E-state index is 0.0616. The summed E-state index contributed by atoms with van der Waals surface area (Å²) < 4.78 is 37.3. The standard InChI is InChI=1S/C15H21N3O3.C2HF3O2/c16-15(17)18-5-6-21-13-4-3-11-7-10(8-14(19)20)1-2-12(11)9-13;3-2(4,5)1(6)7/h3-4,9-10H,1-2,5-8H2,(H,19,20)(H4,16,17,18);(H,6,7). The number of alkyl halides is 3. The summed E-state index contributed by atoms with van der Waals surface area (Å²) in [5, 5.41) is 25.7. The second kappa shape index (κ2) is 10.4. The SMILES string of the molecule is N=C(N)NCCOc1ccc2c(c1)CCC(CC(=O)O)C2.O=C(O)C(F)(F)F. The molecule has 0 spiro atoms. The molecule has 2 rings (SSSR count). The first-order valence-electron chi connectivity index (χ1n) is 8.33. The Kier molecular flexibility index (Phi) is 8.55. The molecule has 1 aromatic rings. The largest absolute Gasteiger partial charge is 0.492 e. The number of aliphatic carboxylic acids is 2. The van der Waals surface area contributed by atoms with E-state index in [2.05, 4.69) is 5.32 Å². The molecule has 8 nitrogen and oxygen atoms in total. The summed E-state index contributed by atoms with van der Waals surface area (Å²) in [4.78, 5) is 19.7. The van der Waals surface area contributed by atoms with Gasteiger partial charge in [-0.15, -0.1) is 0 Å². The summed E-state index contributed by atoms with van der Waals surface area (Å²) in [5.41, 5.74) is 7.65. The first-order chi connectivity index (χ1) is 13.0. The van der Waals surface area contributed by atoms with E-state index in [9.17, 15) is 18.0 Å². The molecule has 1 aromatic carbocycles. The van der Waals surface area contributed by atoms with E-state index in [0.717, 1.165) is 25.0 Å². The maximum Gasteiger partial charge on any atom is 0.490 e. The second-order valence-corrected chi connectivity index (χ2v) is 6.13. The van der Waals surface area contributed by atoms with Gasteiger partial charge in [-0.3, -0.25) is 10.2 Å². The molecule has 156 valence electrons. The van der Waals surface area contributed by atoms with E-state index in [0.29, 0.717) is 13.2 Å². The number of benzene rings is 1. The van der Waals surface area contributed by atoms with Crippen LogP contribution in [-0.4, -0.2) is 47.4 Å². The number of aryl methyl sites for hydroxylation is 1. The predicted octanol–water partition coefficient (Wildman–Crippen LogP) is 1.76. The number of hydrogen-bond donors (Lipinski definition) is 5. The smallest absolute Gasteiger partial charge is 0.490 e. The van der Waals surface area contributed by atoms with E-state index in [1.807, 2.05) is 18.2 Å². The Labute approximate surface area is 159 Å². The maximum atomic E-state index is 10.8. The number of fused-ring (bicyclic) bond motifs is 1. The number of carboxylic acids is 2. The molecule has 0 heterocycles. The Bertz CT molecular complexity index is 710. The van der Waals surface area contributed by atoms with Crippen LogP contribution < -0.4 is 15.8 Å². The van der Waals surface area contributed by atoms with Crippen LogP contribution in [0, 0.1) is 11.3 Å². The van der Waals surface area contributed by atoms with Gasteiger partial charge in [-0.25, -0.2) is 4.79 Å². The van der Waals surface area contributed by atoms with Crippen LogP contribution in [-0.2, 0) is 22.4 Å². The van der Waals surface area contributed by atoms with Crippen LogP contribution in [0.25, 0.3) is 0 Å². The number of carbonyl (C=O) groups is 2. The lowest BCUT2D eigenvalue weighted by Crippen LogP contribution is -2.33. The molecule has 11 heteroatoms. The normalized spacial score (nSPS) is 15.5. The van der Waals surface area contributed by atoms with Gasteiger partial charge in [-0.05, 0) is 48.4 Å². The summed E-state index contributed by atoms with van der Waals surface area (Å²) in [7, 11) is 0. The second-order valence-electron chi connectivity index (χ2n) is 6.13. The van der Waals surface area contributed by atoms with Crippen LogP contribution >= 0.6 is 0 Å². The molecule has 0 aliphatic heterocycles. The van der Waals surface area contributed by atoms with Crippen LogP contribution in [0.4, 0.5) is 13.2 Å². The van der Waals surface area contributed by atoms with Crippen molar-refractivity contribution in [2.24, 2.45) is 11.7 Å². The minimum atomic E-state index is -5.08. The van der Waals surface area contributed by atoms with Gasteiger partial charge >= 0.3 is 18.1 Å². The van der Waals surface area contributed by atoms with Crippen molar-refractivity contribution in [3.63, 3.8) is 0 Å². The molecule has 0 bridgehead atoms. The number of nitrogens with one attached hydrogen (secondary N) is 2. The highest BCUT2D eigenvalue weighted by Gasteiger charge is 2.38. The van der Waals surface area contributed by atoms with E-state index in [4.69, 9.17) is 30.9 Å². The molecule has 28 heavy (non-hydrogen) atoms. The van der Waals surface area contributed by atoms with Crippen molar-refractivity contribution in [2.45, 2.75) is 31.9 Å². The molecular formula is C17H22F3N3O5. The zero-order valence-electron chi connectivity index (χ0n) is 14.9. The van der Waals surface area contributed by atoms with Gasteiger partial charge in [0.25, 0.3) is 0 Å². The van der Waals surface area contributed by atoms with Crippen molar-refractivity contribution in [2.75, 3.05) is 13.2 Å². The van der Waals surface area contributed by atoms with Crippen LogP contribution in [0.3, 0.4) is 0 Å². The quantitative estimate of drug-likeness (QED) is 0.275. The molecule has 0 saturated carbocycles. The molecule has 1 unspecified atom stereocenters. The number of hydrogen-bond acceptors (Lipinski definition) is 4. The van der Waals surface area contributed by atoms with Gasteiger partial charge < -0.3 is 26.0 Å². The van der Waals surface area contributed by atoms with Crippen molar-refractivity contribution in [1.82, 2.24) is 5.32 Å². The summed E-state index contributed by atoms with van der Waals surface area (Å²) in [6, 6.07) is 5.97. The van der Waals surface area contributed by atoms with Crippen molar-refractivity contribution >= 4 is 17.9 Å². The molecule has 1 atom stereocenters. The van der Waals surface area contributed by atoms with E-state index in [1.165, 1.54) is 11.1 Å². The van der Waals surface area contributed by atoms with E-state index in [-0.39, 0.29) is 18.3 Å². The zero-order chi connectivity index (χ0) is 21.3. The Hall–Kier alpha value is -2.98. The molecule has 1 aliphatic rings. The lowest BCUT2D eigenvalue weighted by Gasteiger charge is -2.23. The van der Waals surface area contributed by atoms with Crippen molar-refractivity contribution in [1.29, 1.82) is 5.41 Å². The number of nitrogens with two attached hydrogens (primary N) is 1. The third kappa shape index (κ3) is 8.60. The van der Waals surface area contributed by atoms with Gasteiger partial charge in [0, 0.05) is 6.42 Å². The Balaban J connectivity index is 0.000000480. The molecular weight excluding hydrogens is 383 g/mol. The molecule has 0 amide bonds. The highest BCUT2D eigenvalue weighted by atomic mass is 19.4. The molecule has 6 N–H and O–H groups in total. The number of guanidine groups is 1. The third-order valence-corrected chi connectivity index (χ3v) is 3.90. The lowest BCUT2D eigenvalue weighted by atomic mass is 9.82. The minimum Gasteiger partial charge on any atom is -0.492 e. The molecule has 0 aromatic heterocycles. The Morgan fingerprint density at radius 3 is 2.46 bits per heavy atom. The molecule has 0 saturated heterocycles. The number of ether oxygens (including phenoxy) is 1. The fraction of sp³-hybridized carbons (Fsp3) is 0.471. The zero-order valence-corrected chi connectivity index (χ0v) is 14.9. The van der Waals surface area contributed by atoms with E-state index >= 15 is 0 Å². The highest BCUT2D eigenvalue weighted by molar-refractivity contribution is 5.74. The maximum absolute atomic E-state index is 10.8. The van der Waals surface area contributed by atoms with Gasteiger partial charge in [0.15, 0.2) is 5.96 Å². The predicted molar refractivity (Wildman–Crippen MR) is 93.3 cm³/mol. The fourth-order valence-electron chi connectivity index (χ4n) is 2.67. The first kappa shape index (κ1) is 23.1. The first-order valence-corrected chi connectivity index (χ1v) is 8.33. The number of halogens is 3. The van der Waals surface area contributed by atoms with Crippen LogP contribution in [0.2, 0.25) is 0 Å². The Morgan fingerprint density at radius 2 is 1.93 bits per heavy atom. The average molecular weight is 405 g/mol. The fourth-order valence-corrected chi connectivity index (χ4v) is 2.67. The lowest BCUT2D eigenvalue weighted by molar-refractivity contribution is -0.192. The van der Waals surface area contributed by atoms with Crippen molar-refractivity contribution < 1.29 is 37.7 Å². The Morgan fingerprint density at radius 1 is 1.29 bits per heavy atom. The van der Waals surface area contributed by atoms with Crippen LogP contribution in [0.15, 0.2) is 18.2 Å². The monoisotopic (exact) mass is 405 g/mol. The van der Waals surface area contributed by atoms with Gasteiger partial charge in [0.05, 0.1) is 6.54 Å². The van der Waals surface area contributed by atoms with Crippen LogP contribution in [0.1, 0.15) is 24.0 Å². The van der Waals surface area contributed by atoms with Crippen LogP contribution in [0.5, 0.6) is 5.75 Å². The number of rotatable bonds is 6. The van der Waals surface area contributed by atoms with Gasteiger partial charge in [0.2, 0.25) is 0 Å². The molecule has 1 aliphatic carbocycles. The average Bonchev–Trinajstić information content (AvgIpc) is 2.57. The van der Waals surface area contributed by atoms with E-state index < -0.39 is 18.1 Å². The third-order valence-electron chi connectivity index (χ3n) is 3.90. The molecule has 0 fully saturated rings. The van der Waals surface area contributed by atoms with Gasteiger partial charge in [-0.1, -0.05) is 6.07 Å². The highest BCUT2D eigenvalue weighted by Crippen LogP contribution is 2.30.